The Hall–Kier alpha value is -2.01. The Morgan fingerprint density at radius 3 is 2.24 bits per heavy atom. The van der Waals surface area contributed by atoms with E-state index in [1.165, 1.54) is 0 Å². The number of carboxylic acids is 1. The maximum Gasteiger partial charge on any atom is 0.309 e. The van der Waals surface area contributed by atoms with Gasteiger partial charge in [0.15, 0.2) is 0 Å². The average Bonchev–Trinajstić information content (AvgIpc) is 3.68. The van der Waals surface area contributed by atoms with Gasteiger partial charge in [-0.15, -0.1) is 6.58 Å². The standard InChI is InChI=1S/C32H59N3O7/c1-10-12-19-33-24(36)13-15-31(9,11-2)42-23-30(7,8)41-21-20-34-26(38)28(3,4)22-29(5,6)35-25(37)14-16-32(17-18-32)27(39)40/h11,24,33,36H,2,10,12-23H2,1,3-9H3,(H,34,38)(H,35,37)(H,39,40). The number of amides is 2. The van der Waals surface area contributed by atoms with Crippen molar-refractivity contribution in [3.05, 3.63) is 12.7 Å². The summed E-state index contributed by atoms with van der Waals surface area (Å²) in [5, 5.41) is 28.5. The summed E-state index contributed by atoms with van der Waals surface area (Å²) in [6.07, 6.45) is 6.55. The molecule has 1 aliphatic carbocycles. The zero-order valence-corrected chi connectivity index (χ0v) is 27.5. The molecule has 1 fully saturated rings. The van der Waals surface area contributed by atoms with Crippen LogP contribution in [0.4, 0.5) is 0 Å². The number of unbranched alkanes of at least 4 members (excludes halogenated alkanes) is 1. The molecule has 10 nitrogen and oxygen atoms in total. The molecule has 2 atom stereocenters. The first-order valence-electron chi connectivity index (χ1n) is 15.5. The molecule has 0 spiro atoms. The molecule has 0 aromatic heterocycles. The van der Waals surface area contributed by atoms with Crippen molar-refractivity contribution in [1.29, 1.82) is 0 Å². The highest BCUT2D eigenvalue weighted by Gasteiger charge is 2.50. The number of hydrogen-bond acceptors (Lipinski definition) is 7. The van der Waals surface area contributed by atoms with Gasteiger partial charge in [0.1, 0.15) is 6.23 Å². The Labute approximate surface area is 253 Å². The minimum Gasteiger partial charge on any atom is -0.481 e. The maximum atomic E-state index is 13.0. The van der Waals surface area contributed by atoms with E-state index in [0.29, 0.717) is 58.3 Å². The molecular formula is C32H59N3O7. The molecule has 0 heterocycles. The Bertz CT molecular complexity index is 899. The van der Waals surface area contributed by atoms with Crippen LogP contribution < -0.4 is 16.0 Å². The van der Waals surface area contributed by atoms with E-state index in [2.05, 4.69) is 29.5 Å². The highest BCUT2D eigenvalue weighted by atomic mass is 16.6. The van der Waals surface area contributed by atoms with Gasteiger partial charge in [-0.2, -0.15) is 0 Å². The Balaban J connectivity index is 2.43. The number of carboxylic acid groups (broad SMARTS) is 1. The highest BCUT2D eigenvalue weighted by molar-refractivity contribution is 5.83. The molecule has 5 N–H and O–H groups in total. The molecule has 0 aliphatic heterocycles. The number of aliphatic hydroxyl groups is 1. The number of hydrogen-bond donors (Lipinski definition) is 5. The minimum absolute atomic E-state index is 0.143. The normalized spacial score (nSPS) is 17.2. The van der Waals surface area contributed by atoms with Gasteiger partial charge in [-0.05, 0) is 86.1 Å². The van der Waals surface area contributed by atoms with Crippen molar-refractivity contribution in [3.8, 4) is 0 Å². The van der Waals surface area contributed by atoms with Gasteiger partial charge in [0, 0.05) is 23.9 Å². The van der Waals surface area contributed by atoms with E-state index in [4.69, 9.17) is 9.47 Å². The smallest absolute Gasteiger partial charge is 0.309 e. The molecule has 1 aliphatic rings. The van der Waals surface area contributed by atoms with Crippen molar-refractivity contribution in [2.24, 2.45) is 10.8 Å². The summed E-state index contributed by atoms with van der Waals surface area (Å²) in [5.41, 5.74) is -3.34. The summed E-state index contributed by atoms with van der Waals surface area (Å²) >= 11 is 0. The van der Waals surface area contributed by atoms with E-state index in [-0.39, 0.29) is 18.2 Å². The van der Waals surface area contributed by atoms with Crippen LogP contribution >= 0.6 is 0 Å². The van der Waals surface area contributed by atoms with Crippen LogP contribution in [0.1, 0.15) is 113 Å². The zero-order valence-electron chi connectivity index (χ0n) is 27.5. The molecule has 2 amide bonds. The fraction of sp³-hybridized carbons (Fsp3) is 0.844. The average molecular weight is 598 g/mol. The zero-order chi connectivity index (χ0) is 32.2. The third-order valence-electron chi connectivity index (χ3n) is 8.00. The summed E-state index contributed by atoms with van der Waals surface area (Å²) in [7, 11) is 0. The summed E-state index contributed by atoms with van der Waals surface area (Å²) in [6, 6.07) is 0. The topological polar surface area (TPSA) is 146 Å². The lowest BCUT2D eigenvalue weighted by atomic mass is 9.79. The summed E-state index contributed by atoms with van der Waals surface area (Å²) in [4.78, 5) is 36.9. The van der Waals surface area contributed by atoms with E-state index < -0.39 is 39.8 Å². The minimum atomic E-state index is -0.829. The summed E-state index contributed by atoms with van der Waals surface area (Å²) in [6.45, 7) is 21.0. The van der Waals surface area contributed by atoms with Crippen molar-refractivity contribution in [1.82, 2.24) is 16.0 Å². The van der Waals surface area contributed by atoms with Gasteiger partial charge in [0.25, 0.3) is 0 Å². The van der Waals surface area contributed by atoms with Gasteiger partial charge in [-0.3, -0.25) is 19.7 Å². The second kappa shape index (κ2) is 16.2. The quantitative estimate of drug-likeness (QED) is 0.0666. The molecule has 0 aromatic rings. The second-order valence-electron chi connectivity index (χ2n) is 14.1. The third kappa shape index (κ3) is 14.0. The predicted octanol–water partition coefficient (Wildman–Crippen LogP) is 4.30. The predicted molar refractivity (Wildman–Crippen MR) is 165 cm³/mol. The molecule has 0 aromatic carbocycles. The first kappa shape index (κ1) is 38.0. The van der Waals surface area contributed by atoms with Gasteiger partial charge in [-0.25, -0.2) is 0 Å². The van der Waals surface area contributed by atoms with Crippen LogP contribution in [0.3, 0.4) is 0 Å². The molecule has 0 radical (unpaired) electrons. The molecule has 1 rings (SSSR count). The fourth-order valence-electron chi connectivity index (χ4n) is 5.06. The molecule has 244 valence electrons. The second-order valence-corrected chi connectivity index (χ2v) is 14.1. The Kier molecular flexibility index (Phi) is 14.6. The molecule has 0 saturated heterocycles. The van der Waals surface area contributed by atoms with Crippen LogP contribution in [0.5, 0.6) is 0 Å². The molecule has 2 unspecified atom stereocenters. The van der Waals surface area contributed by atoms with Crippen molar-refractivity contribution >= 4 is 17.8 Å². The lowest BCUT2D eigenvalue weighted by Gasteiger charge is -2.35. The number of nitrogens with one attached hydrogen (secondary N) is 3. The lowest BCUT2D eigenvalue weighted by molar-refractivity contribution is -0.143. The van der Waals surface area contributed by atoms with Crippen molar-refractivity contribution in [2.75, 3.05) is 26.3 Å². The van der Waals surface area contributed by atoms with E-state index in [0.717, 1.165) is 19.4 Å². The number of carbonyl (C=O) groups excluding carboxylic acids is 2. The lowest BCUT2D eigenvalue weighted by Crippen LogP contribution is -2.50. The van der Waals surface area contributed by atoms with Gasteiger partial charge in [0.2, 0.25) is 11.8 Å². The summed E-state index contributed by atoms with van der Waals surface area (Å²) < 4.78 is 12.2. The summed E-state index contributed by atoms with van der Waals surface area (Å²) in [5.74, 6) is -1.17. The Morgan fingerprint density at radius 2 is 1.69 bits per heavy atom. The highest BCUT2D eigenvalue weighted by Crippen LogP contribution is 2.49. The van der Waals surface area contributed by atoms with Crippen molar-refractivity contribution < 1.29 is 34.1 Å². The third-order valence-corrected chi connectivity index (χ3v) is 8.00. The van der Waals surface area contributed by atoms with Crippen molar-refractivity contribution in [2.45, 2.75) is 136 Å². The number of rotatable bonds is 23. The van der Waals surface area contributed by atoms with Crippen LogP contribution in [0.25, 0.3) is 0 Å². The van der Waals surface area contributed by atoms with Gasteiger partial charge >= 0.3 is 5.97 Å². The fourth-order valence-corrected chi connectivity index (χ4v) is 5.06. The van der Waals surface area contributed by atoms with E-state index >= 15 is 0 Å². The number of aliphatic carboxylic acids is 1. The van der Waals surface area contributed by atoms with Crippen LogP contribution in [-0.2, 0) is 23.9 Å². The van der Waals surface area contributed by atoms with Crippen molar-refractivity contribution in [3.63, 3.8) is 0 Å². The molecule has 10 heteroatoms. The van der Waals surface area contributed by atoms with Gasteiger partial charge < -0.3 is 30.3 Å². The molecule has 0 bridgehead atoms. The Morgan fingerprint density at radius 1 is 1.05 bits per heavy atom. The van der Waals surface area contributed by atoms with E-state index in [9.17, 15) is 24.6 Å². The van der Waals surface area contributed by atoms with Crippen LogP contribution in [0.15, 0.2) is 12.7 Å². The first-order chi connectivity index (χ1) is 19.3. The monoisotopic (exact) mass is 597 g/mol. The number of carbonyl (C=O) groups is 3. The molecular weight excluding hydrogens is 538 g/mol. The van der Waals surface area contributed by atoms with Gasteiger partial charge in [0.05, 0.1) is 29.8 Å². The SMILES string of the molecule is C=CC(C)(CCC(O)NCCCC)OCC(C)(C)OCCNC(=O)C(C)(C)CC(C)(C)NC(=O)CCC1(C(=O)O)CC1. The van der Waals surface area contributed by atoms with E-state index in [1.54, 1.807) is 6.08 Å². The number of ether oxygens (including phenoxy) is 2. The number of aliphatic hydroxyl groups excluding tert-OH is 1. The first-order valence-corrected chi connectivity index (χ1v) is 15.5. The van der Waals surface area contributed by atoms with Gasteiger partial charge in [-0.1, -0.05) is 33.3 Å². The largest absolute Gasteiger partial charge is 0.481 e. The molecule has 42 heavy (non-hydrogen) atoms. The van der Waals surface area contributed by atoms with Crippen LogP contribution in [0, 0.1) is 10.8 Å². The van der Waals surface area contributed by atoms with E-state index in [1.807, 2.05) is 48.5 Å². The maximum absolute atomic E-state index is 13.0. The van der Waals surface area contributed by atoms with Crippen LogP contribution in [-0.4, -0.2) is 77.3 Å². The van der Waals surface area contributed by atoms with Crippen LogP contribution in [0.2, 0.25) is 0 Å². The molecule has 1 saturated carbocycles.